The fourth-order valence-corrected chi connectivity index (χ4v) is 4.28. The number of nitrogens with one attached hydrogen (secondary N) is 3. The molecule has 1 fully saturated rings. The van der Waals surface area contributed by atoms with E-state index in [-0.39, 0.29) is 25.9 Å². The van der Waals surface area contributed by atoms with Crippen LogP contribution in [0.15, 0.2) is 12.7 Å². The van der Waals surface area contributed by atoms with Crippen LogP contribution in [0.1, 0.15) is 94.4 Å². The number of ether oxygens (including phenoxy) is 2. The zero-order valence-corrected chi connectivity index (χ0v) is 26.7. The summed E-state index contributed by atoms with van der Waals surface area (Å²) in [5.74, 6) is -3.35. The summed E-state index contributed by atoms with van der Waals surface area (Å²) in [5.41, 5.74) is -2.14. The fraction of sp³-hybridized carbons (Fsp3) is 0.733. The lowest BCUT2D eigenvalue weighted by Gasteiger charge is -2.36. The highest BCUT2D eigenvalue weighted by Crippen LogP contribution is 2.26. The van der Waals surface area contributed by atoms with Crippen LogP contribution in [0.5, 0.6) is 0 Å². The second-order valence-corrected chi connectivity index (χ2v) is 13.5. The minimum absolute atomic E-state index is 0.106. The number of esters is 1. The maximum Gasteiger partial charge on any atom is 0.408 e. The summed E-state index contributed by atoms with van der Waals surface area (Å²) in [6, 6.07) is -3.03. The van der Waals surface area contributed by atoms with Crippen molar-refractivity contribution < 1.29 is 38.2 Å². The van der Waals surface area contributed by atoms with Crippen molar-refractivity contribution in [3.05, 3.63) is 12.7 Å². The zero-order valence-electron chi connectivity index (χ0n) is 26.7. The predicted molar refractivity (Wildman–Crippen MR) is 157 cm³/mol. The summed E-state index contributed by atoms with van der Waals surface area (Å²) in [5, 5.41) is 7.71. The molecule has 42 heavy (non-hydrogen) atoms. The molecule has 3 atom stereocenters. The Balaban J connectivity index is 2.97. The molecule has 0 aromatic carbocycles. The minimum Gasteiger partial charge on any atom is -0.460 e. The predicted octanol–water partition coefficient (Wildman–Crippen LogP) is 2.78. The molecule has 3 N–H and O–H groups in total. The van der Waals surface area contributed by atoms with E-state index < -0.39 is 70.3 Å². The lowest BCUT2D eigenvalue weighted by atomic mass is 9.85. The molecule has 1 unspecified atom stereocenters. The number of allylic oxidation sites excluding steroid dienone is 1. The topological polar surface area (TPSA) is 160 Å². The highest BCUT2D eigenvalue weighted by atomic mass is 16.6. The van der Waals surface area contributed by atoms with Crippen LogP contribution < -0.4 is 16.0 Å². The van der Waals surface area contributed by atoms with Gasteiger partial charge in [-0.05, 0) is 72.6 Å². The van der Waals surface area contributed by atoms with E-state index in [1.807, 2.05) is 0 Å². The van der Waals surface area contributed by atoms with Crippen LogP contribution >= 0.6 is 0 Å². The second-order valence-electron chi connectivity index (χ2n) is 13.5. The number of ketones is 1. The molecule has 0 aromatic heterocycles. The maximum atomic E-state index is 13.7. The van der Waals surface area contributed by atoms with Gasteiger partial charge in [0.05, 0.1) is 12.5 Å². The largest absolute Gasteiger partial charge is 0.460 e. The van der Waals surface area contributed by atoms with E-state index in [9.17, 15) is 28.8 Å². The van der Waals surface area contributed by atoms with Crippen molar-refractivity contribution in [3.8, 4) is 0 Å². The number of likely N-dealkylation sites (tertiary alicyclic amines) is 1. The summed E-state index contributed by atoms with van der Waals surface area (Å²) in [7, 11) is 0. The Hall–Kier alpha value is -3.44. The first-order chi connectivity index (χ1) is 19.2. The van der Waals surface area contributed by atoms with E-state index >= 15 is 0 Å². The quantitative estimate of drug-likeness (QED) is 0.177. The highest BCUT2D eigenvalue weighted by Gasteiger charge is 2.43. The molecular weight excluding hydrogens is 544 g/mol. The number of carbonyl (C=O) groups is 6. The Bertz CT molecular complexity index is 1020. The molecule has 12 nitrogen and oxygen atoms in total. The molecule has 0 radical (unpaired) electrons. The molecule has 1 aliphatic heterocycles. The summed E-state index contributed by atoms with van der Waals surface area (Å²) < 4.78 is 10.5. The third-order valence-corrected chi connectivity index (χ3v) is 6.16. The Morgan fingerprint density at radius 1 is 0.929 bits per heavy atom. The number of Topliss-reactive ketones (excluding diaryl/α,β-unsaturated/α-hetero) is 1. The van der Waals surface area contributed by atoms with Gasteiger partial charge in [0, 0.05) is 13.1 Å². The molecule has 4 amide bonds. The average Bonchev–Trinajstić information content (AvgIpc) is 3.31. The molecule has 0 saturated carbocycles. The standard InChI is InChI=1S/C30H50N4O8/c1-11-12-14-19(22(36)25(38)31-17-16-21(35)41-29(5,6)7)32-24(37)20-15-13-18-34(20)26(39)23(28(2,3)4)33-27(40)42-30(8,9)10/h11,19-20,23H,1,12-18H2,2-10H3,(H,31,38)(H,32,37)(H,33,40)/t19?,20-,23+/m0/s1. The van der Waals surface area contributed by atoms with Gasteiger partial charge < -0.3 is 30.3 Å². The minimum atomic E-state index is -1.16. The zero-order chi connectivity index (χ0) is 32.5. The van der Waals surface area contributed by atoms with E-state index in [0.717, 1.165) is 0 Å². The van der Waals surface area contributed by atoms with Crippen molar-refractivity contribution in [3.63, 3.8) is 0 Å². The first-order valence-corrected chi connectivity index (χ1v) is 14.4. The molecule has 12 heteroatoms. The Morgan fingerprint density at radius 3 is 2.05 bits per heavy atom. The molecule has 1 aliphatic rings. The van der Waals surface area contributed by atoms with Crippen LogP contribution in [0.25, 0.3) is 0 Å². The van der Waals surface area contributed by atoms with Crippen LogP contribution in [0.4, 0.5) is 4.79 Å². The van der Waals surface area contributed by atoms with Crippen LogP contribution in [0.2, 0.25) is 0 Å². The normalized spacial score (nSPS) is 17.0. The van der Waals surface area contributed by atoms with Gasteiger partial charge in [0.2, 0.25) is 17.6 Å². The van der Waals surface area contributed by atoms with Gasteiger partial charge in [-0.2, -0.15) is 0 Å². The third kappa shape index (κ3) is 12.6. The van der Waals surface area contributed by atoms with Crippen molar-refractivity contribution in [2.75, 3.05) is 13.1 Å². The number of hydrogen-bond acceptors (Lipinski definition) is 8. The third-order valence-electron chi connectivity index (χ3n) is 6.16. The van der Waals surface area contributed by atoms with Crippen molar-refractivity contribution in [1.29, 1.82) is 0 Å². The number of nitrogens with zero attached hydrogens (tertiary/aromatic N) is 1. The van der Waals surface area contributed by atoms with Crippen molar-refractivity contribution in [2.24, 2.45) is 5.41 Å². The number of rotatable bonds is 12. The van der Waals surface area contributed by atoms with Crippen molar-refractivity contribution >= 4 is 35.6 Å². The van der Waals surface area contributed by atoms with Gasteiger partial charge in [0.1, 0.15) is 23.3 Å². The summed E-state index contributed by atoms with van der Waals surface area (Å²) in [6.07, 6.45) is 2.07. The summed E-state index contributed by atoms with van der Waals surface area (Å²) >= 11 is 0. The lowest BCUT2D eigenvalue weighted by Crippen LogP contribution is -2.59. The molecule has 0 aromatic rings. The van der Waals surface area contributed by atoms with E-state index in [1.165, 1.54) is 4.90 Å². The van der Waals surface area contributed by atoms with Crippen molar-refractivity contribution in [2.45, 2.75) is 124 Å². The monoisotopic (exact) mass is 594 g/mol. The maximum absolute atomic E-state index is 13.7. The Morgan fingerprint density at radius 2 is 1.52 bits per heavy atom. The first kappa shape index (κ1) is 36.6. The van der Waals surface area contributed by atoms with Gasteiger partial charge in [-0.15, -0.1) is 6.58 Å². The Kier molecular flexibility index (Phi) is 13.2. The van der Waals surface area contributed by atoms with Crippen molar-refractivity contribution in [1.82, 2.24) is 20.9 Å². The Labute approximate surface area is 249 Å². The first-order valence-electron chi connectivity index (χ1n) is 14.4. The van der Waals surface area contributed by atoms with Crippen LogP contribution in [0, 0.1) is 5.41 Å². The highest BCUT2D eigenvalue weighted by molar-refractivity contribution is 6.38. The lowest BCUT2D eigenvalue weighted by molar-refractivity contribution is -0.154. The van der Waals surface area contributed by atoms with Crippen LogP contribution in [-0.2, 0) is 33.4 Å². The van der Waals surface area contributed by atoms with E-state index in [1.54, 1.807) is 68.4 Å². The van der Waals surface area contributed by atoms with Gasteiger partial charge in [-0.3, -0.25) is 24.0 Å². The molecule has 238 valence electrons. The average molecular weight is 595 g/mol. The van der Waals surface area contributed by atoms with E-state index in [4.69, 9.17) is 9.47 Å². The molecule has 1 saturated heterocycles. The van der Waals surface area contributed by atoms with Gasteiger partial charge in [-0.1, -0.05) is 26.8 Å². The molecule has 1 heterocycles. The smallest absolute Gasteiger partial charge is 0.408 e. The fourth-order valence-electron chi connectivity index (χ4n) is 4.28. The van der Waals surface area contributed by atoms with Gasteiger partial charge in [0.15, 0.2) is 0 Å². The molecule has 0 spiro atoms. The van der Waals surface area contributed by atoms with Gasteiger partial charge in [-0.25, -0.2) is 4.79 Å². The summed E-state index contributed by atoms with van der Waals surface area (Å²) in [4.78, 5) is 78.4. The number of hydrogen-bond donors (Lipinski definition) is 3. The number of carbonyl (C=O) groups excluding carboxylic acids is 6. The van der Waals surface area contributed by atoms with E-state index in [0.29, 0.717) is 19.3 Å². The second kappa shape index (κ2) is 15.2. The summed E-state index contributed by atoms with van der Waals surface area (Å²) in [6.45, 7) is 19.5. The van der Waals surface area contributed by atoms with Gasteiger partial charge in [0.25, 0.3) is 5.91 Å². The van der Waals surface area contributed by atoms with Gasteiger partial charge >= 0.3 is 12.1 Å². The van der Waals surface area contributed by atoms with Crippen LogP contribution in [-0.4, -0.2) is 82.9 Å². The van der Waals surface area contributed by atoms with E-state index in [2.05, 4.69) is 22.5 Å². The SMILES string of the molecule is C=CCCC(NC(=O)[C@@H]1CCCN1C(=O)[C@@H](NC(=O)OC(C)(C)C)C(C)(C)C)C(=O)C(=O)NCCC(=O)OC(C)(C)C. The molecule has 0 bridgehead atoms. The molecular formula is C30H50N4O8. The number of amides is 4. The number of alkyl carbamates (subject to hydrolysis) is 1. The molecule has 0 aliphatic carbocycles. The molecule has 1 rings (SSSR count). The van der Waals surface area contributed by atoms with Crippen LogP contribution in [0.3, 0.4) is 0 Å².